The molecule has 0 spiro atoms. The van der Waals surface area contributed by atoms with Gasteiger partial charge >= 0.3 is 18.5 Å². The predicted molar refractivity (Wildman–Crippen MR) is 231 cm³/mol. The zero-order chi connectivity index (χ0) is 45.8. The fourth-order valence-electron chi connectivity index (χ4n) is 9.37. The summed E-state index contributed by atoms with van der Waals surface area (Å²) >= 11 is 0. The van der Waals surface area contributed by atoms with E-state index >= 15 is 0 Å². The molecule has 11 rings (SSSR count). The minimum atomic E-state index is -5.20. The van der Waals surface area contributed by atoms with Gasteiger partial charge in [0.25, 0.3) is 0 Å². The van der Waals surface area contributed by atoms with Crippen LogP contribution in [0.4, 0.5) is 39.5 Å². The molecule has 4 heterocycles. The van der Waals surface area contributed by atoms with Crippen LogP contribution in [0.25, 0.3) is 98.4 Å². The van der Waals surface area contributed by atoms with Gasteiger partial charge in [0.2, 0.25) is 0 Å². The number of aryl methyl sites for hydroxylation is 1. The molecule has 65 heavy (non-hydrogen) atoms. The molecule has 0 unspecified atom stereocenters. The van der Waals surface area contributed by atoms with E-state index in [1.54, 1.807) is 57.3 Å². The topological polar surface area (TPSA) is 77.1 Å². The van der Waals surface area contributed by atoms with Gasteiger partial charge in [-0.05, 0) is 126 Å². The Bertz CT molecular complexity index is 4160. The van der Waals surface area contributed by atoms with E-state index in [0.717, 1.165) is 24.3 Å². The maximum Gasteiger partial charge on any atom is 0.416 e. The van der Waals surface area contributed by atoms with Crippen molar-refractivity contribution in [2.75, 3.05) is 0 Å². The molecule has 0 amide bonds. The van der Waals surface area contributed by atoms with E-state index in [-0.39, 0.29) is 99.0 Å². The van der Waals surface area contributed by atoms with E-state index in [4.69, 9.17) is 0 Å². The zero-order valence-corrected chi connectivity index (χ0v) is 33.0. The Morgan fingerprint density at radius 1 is 0.338 bits per heavy atom. The van der Waals surface area contributed by atoms with Crippen LogP contribution in [-0.2, 0) is 18.5 Å². The fourth-order valence-corrected chi connectivity index (χ4v) is 9.37. The zero-order valence-electron chi connectivity index (χ0n) is 33.0. The van der Waals surface area contributed by atoms with E-state index in [0.29, 0.717) is 17.6 Å². The second-order valence-electron chi connectivity index (χ2n) is 16.1. The van der Waals surface area contributed by atoms with E-state index in [1.165, 1.54) is 37.3 Å². The van der Waals surface area contributed by atoms with Gasteiger partial charge in [0.05, 0.1) is 49.8 Å². The first kappa shape index (κ1) is 40.0. The first-order chi connectivity index (χ1) is 30.7. The van der Waals surface area contributed by atoms with Gasteiger partial charge in [-0.15, -0.1) is 0 Å². The number of rotatable bonds is 2. The number of alkyl halides is 9. The van der Waals surface area contributed by atoms with E-state index in [1.807, 2.05) is 0 Å². The number of para-hydroxylation sites is 2. The summed E-state index contributed by atoms with van der Waals surface area (Å²) < 4.78 is 130. The highest BCUT2D eigenvalue weighted by atomic mass is 19.4. The molecule has 15 heteroatoms. The molecule has 320 valence electrons. The smallest absolute Gasteiger partial charge is 0.307 e. The normalized spacial score (nSPS) is 13.0. The summed E-state index contributed by atoms with van der Waals surface area (Å²) in [6.45, 7) is 1.48. The number of pyridine rings is 4. The Morgan fingerprint density at radius 2 is 0.677 bits per heavy atom. The molecule has 0 saturated heterocycles. The maximum atomic E-state index is 14.9. The maximum absolute atomic E-state index is 14.9. The summed E-state index contributed by atoms with van der Waals surface area (Å²) in [5.74, 6) is 0. The Balaban J connectivity index is 1.32. The first-order valence-electron chi connectivity index (χ1n) is 19.7. The predicted octanol–water partition coefficient (Wildman–Crippen LogP) is 12.1. The molecule has 0 aliphatic carbocycles. The van der Waals surface area contributed by atoms with Gasteiger partial charge in [0, 0.05) is 43.1 Å². The summed E-state index contributed by atoms with van der Waals surface area (Å²) in [5, 5.41) is -0.357. The average Bonchev–Trinajstić information content (AvgIpc) is 3.26. The molecule has 0 radical (unpaired) electrons. The standard InChI is InChI=1S/C50H23F9N2O4/c1-22-10-23(12-27(11-22)48(51,52)53)25-15-34-42-36(16-25)46(64)32-20-33-41(21-40(32)60(42)38-8-4-2-6-30(38)44(34)62)61-39-9-5-3-7-31(39)45(63)35-17-26(18-37(43(35)61)47(33)65)24-13-28(49(54,55)56)19-29(14-24)50(57,58)59/h2-21H,1H3. The monoisotopic (exact) mass is 886 g/mol. The van der Waals surface area contributed by atoms with Gasteiger partial charge < -0.3 is 8.80 Å². The van der Waals surface area contributed by atoms with Crippen molar-refractivity contribution >= 4 is 76.2 Å². The van der Waals surface area contributed by atoms with Crippen molar-refractivity contribution < 1.29 is 39.5 Å². The number of nitrogens with zero attached hydrogens (tertiary/aromatic N) is 2. The number of fused-ring (bicyclic) bond motifs is 8. The lowest BCUT2D eigenvalue weighted by Gasteiger charge is -2.19. The molecule has 0 bridgehead atoms. The van der Waals surface area contributed by atoms with Crippen LogP contribution in [0.1, 0.15) is 22.3 Å². The summed E-state index contributed by atoms with van der Waals surface area (Å²) in [5.41, 5.74) is -6.02. The molecular formula is C50H23F9N2O4. The largest absolute Gasteiger partial charge is 0.416 e. The number of hydrogen-bond acceptors (Lipinski definition) is 4. The summed E-state index contributed by atoms with van der Waals surface area (Å²) in [6.07, 6.45) is -15.1. The molecule has 11 aromatic rings. The number of benzene rings is 7. The third-order valence-corrected chi connectivity index (χ3v) is 12.2. The Morgan fingerprint density at radius 3 is 1.08 bits per heavy atom. The number of aromatic nitrogens is 2. The Hall–Kier alpha value is -7.81. The molecule has 7 aromatic carbocycles. The average molecular weight is 887 g/mol. The third-order valence-electron chi connectivity index (χ3n) is 12.2. The Labute approximate surface area is 355 Å². The van der Waals surface area contributed by atoms with Crippen molar-refractivity contribution in [3.05, 3.63) is 184 Å². The first-order valence-corrected chi connectivity index (χ1v) is 19.7. The molecule has 4 aromatic heterocycles. The second kappa shape index (κ2) is 13.1. The lowest BCUT2D eigenvalue weighted by Crippen LogP contribution is -2.17. The van der Waals surface area contributed by atoms with Crippen LogP contribution in [-0.4, -0.2) is 8.80 Å². The molecular weight excluding hydrogens is 864 g/mol. The quantitative estimate of drug-likeness (QED) is 0.0984. The molecule has 0 N–H and O–H groups in total. The van der Waals surface area contributed by atoms with Crippen LogP contribution >= 0.6 is 0 Å². The van der Waals surface area contributed by atoms with Crippen molar-refractivity contribution in [1.82, 2.24) is 8.80 Å². The lowest BCUT2D eigenvalue weighted by molar-refractivity contribution is -0.143. The van der Waals surface area contributed by atoms with E-state index < -0.39 is 62.5 Å². The van der Waals surface area contributed by atoms with Crippen LogP contribution in [0, 0.1) is 6.92 Å². The molecule has 0 aliphatic heterocycles. The highest BCUT2D eigenvalue weighted by molar-refractivity contribution is 6.14. The third kappa shape index (κ3) is 5.83. The second-order valence-corrected chi connectivity index (χ2v) is 16.1. The molecule has 0 fully saturated rings. The highest BCUT2D eigenvalue weighted by Crippen LogP contribution is 2.41. The van der Waals surface area contributed by atoms with E-state index in [9.17, 15) is 58.7 Å². The number of hydrogen-bond donors (Lipinski definition) is 0. The fraction of sp³-hybridized carbons (Fsp3) is 0.0800. The van der Waals surface area contributed by atoms with Gasteiger partial charge in [0.1, 0.15) is 0 Å². The van der Waals surface area contributed by atoms with Crippen molar-refractivity contribution in [2.45, 2.75) is 25.5 Å². The van der Waals surface area contributed by atoms with E-state index in [2.05, 4.69) is 0 Å². The molecule has 0 atom stereocenters. The van der Waals surface area contributed by atoms with Crippen molar-refractivity contribution in [3.8, 4) is 22.3 Å². The molecule has 0 aliphatic rings. The minimum Gasteiger partial charge on any atom is -0.307 e. The molecule has 0 saturated carbocycles. The van der Waals surface area contributed by atoms with Gasteiger partial charge in [0.15, 0.2) is 21.7 Å². The number of halogens is 9. The summed E-state index contributed by atoms with van der Waals surface area (Å²) in [7, 11) is 0. The van der Waals surface area contributed by atoms with Crippen LogP contribution in [0.15, 0.2) is 141 Å². The van der Waals surface area contributed by atoms with Gasteiger partial charge in [-0.2, -0.15) is 39.5 Å². The van der Waals surface area contributed by atoms with Crippen LogP contribution in [0.3, 0.4) is 0 Å². The van der Waals surface area contributed by atoms with Crippen LogP contribution in [0.2, 0.25) is 0 Å². The SMILES string of the molecule is Cc1cc(-c2cc3c(=O)c4ccccc4n4c5cc6c(cc5c(=O)c(c2)c34)c(=O)c2cc(-c3cc(C(F)(F)F)cc(C(F)(F)F)c3)cc3c(=O)c4ccccc4n6c32)cc(C(F)(F)F)c1. The minimum absolute atomic E-state index is 0.0105. The van der Waals surface area contributed by atoms with Crippen molar-refractivity contribution in [2.24, 2.45) is 0 Å². The highest BCUT2D eigenvalue weighted by Gasteiger charge is 2.37. The molecule has 6 nitrogen and oxygen atoms in total. The van der Waals surface area contributed by atoms with Crippen LogP contribution < -0.4 is 21.7 Å². The Kier molecular flexibility index (Phi) is 8.08. The van der Waals surface area contributed by atoms with Gasteiger partial charge in [-0.25, -0.2) is 0 Å². The van der Waals surface area contributed by atoms with Crippen molar-refractivity contribution in [3.63, 3.8) is 0 Å². The lowest BCUT2D eigenvalue weighted by atomic mass is 9.93. The summed E-state index contributed by atoms with van der Waals surface area (Å²) in [6, 6.07) is 25.1. The van der Waals surface area contributed by atoms with Crippen LogP contribution in [0.5, 0.6) is 0 Å². The van der Waals surface area contributed by atoms with Gasteiger partial charge in [-0.3, -0.25) is 19.2 Å². The van der Waals surface area contributed by atoms with Gasteiger partial charge in [-0.1, -0.05) is 30.3 Å². The van der Waals surface area contributed by atoms with Crippen molar-refractivity contribution in [1.29, 1.82) is 0 Å². The summed E-state index contributed by atoms with van der Waals surface area (Å²) in [4.78, 5) is 58.5.